The molecular formula is C18H20FN3O4S. The minimum Gasteiger partial charge on any atom is -0.481 e. The molecule has 1 fully saturated rings. The molecule has 3 rings (SSSR count). The van der Waals surface area contributed by atoms with Gasteiger partial charge in [0.05, 0.1) is 17.5 Å². The number of hydrogen-bond donors (Lipinski definition) is 1. The number of carbonyl (C=O) groups is 1. The molecule has 1 saturated heterocycles. The molecule has 0 unspecified atom stereocenters. The van der Waals surface area contributed by atoms with Gasteiger partial charge in [0.1, 0.15) is 11.6 Å². The Labute approximate surface area is 157 Å². The summed E-state index contributed by atoms with van der Waals surface area (Å²) in [6.07, 6.45) is 0.911. The summed E-state index contributed by atoms with van der Waals surface area (Å²) in [5, 5.41) is 8.99. The molecule has 9 heteroatoms. The van der Waals surface area contributed by atoms with E-state index in [2.05, 4.69) is 4.98 Å². The van der Waals surface area contributed by atoms with E-state index in [1.54, 1.807) is 19.1 Å². The average Bonchev–Trinajstić information content (AvgIpc) is 2.64. The molecule has 0 amide bonds. The number of aromatic nitrogens is 1. The predicted molar refractivity (Wildman–Crippen MR) is 97.7 cm³/mol. The molecule has 144 valence electrons. The van der Waals surface area contributed by atoms with Crippen LogP contribution < -0.4 is 4.90 Å². The van der Waals surface area contributed by atoms with Crippen molar-refractivity contribution in [3.8, 4) is 0 Å². The third kappa shape index (κ3) is 4.25. The van der Waals surface area contributed by atoms with Gasteiger partial charge in [-0.3, -0.25) is 4.79 Å². The Kier molecular flexibility index (Phi) is 5.43. The molecule has 27 heavy (non-hydrogen) atoms. The van der Waals surface area contributed by atoms with Crippen LogP contribution in [-0.2, 0) is 21.2 Å². The van der Waals surface area contributed by atoms with Crippen molar-refractivity contribution in [3.05, 3.63) is 53.5 Å². The number of hydrogen-bond acceptors (Lipinski definition) is 5. The number of aliphatic carboxylic acids is 1. The van der Waals surface area contributed by atoms with E-state index in [4.69, 9.17) is 5.11 Å². The lowest BCUT2D eigenvalue weighted by atomic mass is 10.1. The van der Waals surface area contributed by atoms with E-state index in [0.717, 1.165) is 11.8 Å². The van der Waals surface area contributed by atoms with Gasteiger partial charge in [0.2, 0.25) is 10.0 Å². The Morgan fingerprint density at radius 3 is 2.48 bits per heavy atom. The number of sulfonamides is 1. The average molecular weight is 393 g/mol. The van der Waals surface area contributed by atoms with Crippen molar-refractivity contribution in [1.82, 2.24) is 9.29 Å². The summed E-state index contributed by atoms with van der Waals surface area (Å²) >= 11 is 0. The summed E-state index contributed by atoms with van der Waals surface area (Å²) < 4.78 is 40.2. The van der Waals surface area contributed by atoms with Crippen molar-refractivity contribution >= 4 is 21.8 Å². The lowest BCUT2D eigenvalue weighted by Gasteiger charge is -2.34. The maximum Gasteiger partial charge on any atom is 0.307 e. The van der Waals surface area contributed by atoms with Crippen molar-refractivity contribution in [1.29, 1.82) is 0 Å². The Hall–Kier alpha value is -2.52. The molecule has 0 atom stereocenters. The van der Waals surface area contributed by atoms with E-state index in [0.29, 0.717) is 24.5 Å². The van der Waals surface area contributed by atoms with Gasteiger partial charge in [0.25, 0.3) is 0 Å². The normalized spacial score (nSPS) is 15.7. The molecule has 1 aromatic carbocycles. The molecule has 1 aromatic heterocycles. The maximum atomic E-state index is 13.0. The smallest absolute Gasteiger partial charge is 0.307 e. The van der Waals surface area contributed by atoms with Crippen LogP contribution in [0.15, 0.2) is 41.4 Å². The second-order valence-corrected chi connectivity index (χ2v) is 8.32. The number of nitrogens with zero attached hydrogens (tertiary/aromatic N) is 3. The second-order valence-electron chi connectivity index (χ2n) is 6.38. The first-order chi connectivity index (χ1) is 12.8. The largest absolute Gasteiger partial charge is 0.481 e. The van der Waals surface area contributed by atoms with Gasteiger partial charge >= 0.3 is 5.97 Å². The lowest BCUT2D eigenvalue weighted by Crippen LogP contribution is -2.48. The summed E-state index contributed by atoms with van der Waals surface area (Å²) in [5.74, 6) is -0.822. The summed E-state index contributed by atoms with van der Waals surface area (Å²) in [4.78, 5) is 17.0. The molecule has 0 saturated carbocycles. The number of aryl methyl sites for hydroxylation is 1. The summed E-state index contributed by atoms with van der Waals surface area (Å²) in [6, 6.07) is 7.46. The molecule has 7 nitrogen and oxygen atoms in total. The van der Waals surface area contributed by atoms with Gasteiger partial charge in [-0.25, -0.2) is 17.8 Å². The molecule has 1 aliphatic rings. The molecule has 2 aromatic rings. The third-order valence-corrected chi connectivity index (χ3v) is 6.47. The van der Waals surface area contributed by atoms with Crippen molar-refractivity contribution in [2.24, 2.45) is 0 Å². The Bertz CT molecular complexity index is 940. The fraction of sp³-hybridized carbons (Fsp3) is 0.333. The molecule has 0 bridgehead atoms. The zero-order valence-corrected chi connectivity index (χ0v) is 15.6. The van der Waals surface area contributed by atoms with Crippen LogP contribution in [0.25, 0.3) is 0 Å². The van der Waals surface area contributed by atoms with E-state index in [-0.39, 0.29) is 24.4 Å². The van der Waals surface area contributed by atoms with Crippen LogP contribution in [0.4, 0.5) is 10.2 Å². The van der Waals surface area contributed by atoms with Crippen LogP contribution in [0.2, 0.25) is 0 Å². The quantitative estimate of drug-likeness (QED) is 0.831. The highest BCUT2D eigenvalue weighted by Gasteiger charge is 2.29. The first kappa shape index (κ1) is 19.2. The van der Waals surface area contributed by atoms with E-state index in [9.17, 15) is 17.6 Å². The highest BCUT2D eigenvalue weighted by Crippen LogP contribution is 2.22. The number of benzene rings is 1. The molecule has 1 N–H and O–H groups in total. The number of halogens is 1. The highest BCUT2D eigenvalue weighted by molar-refractivity contribution is 7.89. The minimum atomic E-state index is -3.72. The lowest BCUT2D eigenvalue weighted by molar-refractivity contribution is -0.136. The van der Waals surface area contributed by atoms with Crippen LogP contribution >= 0.6 is 0 Å². The molecular weight excluding hydrogens is 373 g/mol. The molecule has 0 spiro atoms. The zero-order chi connectivity index (χ0) is 19.6. The van der Waals surface area contributed by atoms with E-state index in [1.807, 2.05) is 4.90 Å². The van der Waals surface area contributed by atoms with Crippen LogP contribution in [0.1, 0.15) is 11.1 Å². The Morgan fingerprint density at radius 2 is 1.89 bits per heavy atom. The maximum absolute atomic E-state index is 13.0. The fourth-order valence-electron chi connectivity index (χ4n) is 3.02. The van der Waals surface area contributed by atoms with Crippen molar-refractivity contribution < 1.29 is 22.7 Å². The van der Waals surface area contributed by atoms with E-state index >= 15 is 0 Å². The number of rotatable bonds is 5. The van der Waals surface area contributed by atoms with Gasteiger partial charge in [-0.05, 0) is 42.3 Å². The number of carboxylic acids is 1. The summed E-state index contributed by atoms with van der Waals surface area (Å²) in [7, 11) is -3.72. The van der Waals surface area contributed by atoms with Crippen molar-refractivity contribution in [3.63, 3.8) is 0 Å². The van der Waals surface area contributed by atoms with Crippen molar-refractivity contribution in [2.45, 2.75) is 18.2 Å². The minimum absolute atomic E-state index is 0.0951. The molecule has 2 heterocycles. The van der Waals surface area contributed by atoms with Gasteiger partial charge in [0, 0.05) is 26.2 Å². The topological polar surface area (TPSA) is 90.8 Å². The Morgan fingerprint density at radius 1 is 1.19 bits per heavy atom. The standard InChI is InChI=1S/C18H20FN3O4S/c1-13-2-4-16(10-14(13)11-18(23)24)27(25,26)22-8-6-21(7-9-22)17-5-3-15(19)12-20-17/h2-5,10,12H,6-9,11H2,1H3,(H,23,24). The third-order valence-electron chi connectivity index (χ3n) is 4.57. The molecule has 1 aliphatic heterocycles. The van der Waals surface area contributed by atoms with E-state index < -0.39 is 21.8 Å². The van der Waals surface area contributed by atoms with Gasteiger partial charge in [-0.1, -0.05) is 6.07 Å². The number of anilines is 1. The predicted octanol–water partition coefficient (Wildman–Crippen LogP) is 1.67. The number of carboxylic acid groups (broad SMARTS) is 1. The summed E-state index contributed by atoms with van der Waals surface area (Å²) in [6.45, 7) is 3.16. The van der Waals surface area contributed by atoms with Crippen LogP contribution in [0.5, 0.6) is 0 Å². The van der Waals surface area contributed by atoms with E-state index in [1.165, 1.54) is 22.5 Å². The van der Waals surface area contributed by atoms with Gasteiger partial charge in [0.15, 0.2) is 0 Å². The van der Waals surface area contributed by atoms with Crippen LogP contribution in [0.3, 0.4) is 0 Å². The zero-order valence-electron chi connectivity index (χ0n) is 14.8. The van der Waals surface area contributed by atoms with Gasteiger partial charge in [-0.2, -0.15) is 4.31 Å². The van der Waals surface area contributed by atoms with Gasteiger partial charge < -0.3 is 10.0 Å². The SMILES string of the molecule is Cc1ccc(S(=O)(=O)N2CCN(c3ccc(F)cn3)CC2)cc1CC(=O)O. The second kappa shape index (κ2) is 7.61. The first-order valence-electron chi connectivity index (χ1n) is 8.45. The number of piperazine rings is 1. The van der Waals surface area contributed by atoms with Gasteiger partial charge in [-0.15, -0.1) is 0 Å². The molecule has 0 radical (unpaired) electrons. The molecule has 0 aliphatic carbocycles. The monoisotopic (exact) mass is 393 g/mol. The van der Waals surface area contributed by atoms with Crippen LogP contribution in [0, 0.1) is 12.7 Å². The number of pyridine rings is 1. The first-order valence-corrected chi connectivity index (χ1v) is 9.89. The van der Waals surface area contributed by atoms with Crippen molar-refractivity contribution in [2.75, 3.05) is 31.1 Å². The Balaban J connectivity index is 1.75. The fourth-order valence-corrected chi connectivity index (χ4v) is 4.50. The van der Waals surface area contributed by atoms with Crippen LogP contribution in [-0.4, -0.2) is 55.0 Å². The summed E-state index contributed by atoms with van der Waals surface area (Å²) in [5.41, 5.74) is 1.22. The highest BCUT2D eigenvalue weighted by atomic mass is 32.2.